The van der Waals surface area contributed by atoms with Gasteiger partial charge in [-0.25, -0.2) is 4.79 Å². The van der Waals surface area contributed by atoms with Gasteiger partial charge in [-0.05, 0) is 0 Å². The number of amides is 2. The summed E-state index contributed by atoms with van der Waals surface area (Å²) in [5, 5.41) is 22.4. The van der Waals surface area contributed by atoms with Crippen LogP contribution in [0.15, 0.2) is 0 Å². The van der Waals surface area contributed by atoms with Crippen LogP contribution in [-0.4, -0.2) is 53.2 Å². The summed E-state index contributed by atoms with van der Waals surface area (Å²) in [6, 6.07) is -1.11. The fraction of sp³-hybridized carbons (Fsp3) is 0.625. The number of carboxylic acids is 1. The Bertz CT molecular complexity index is 281. The molecule has 8 heteroatoms. The van der Waals surface area contributed by atoms with Crippen LogP contribution < -0.4 is 16.4 Å². The van der Waals surface area contributed by atoms with Crippen LogP contribution in [0.5, 0.6) is 0 Å². The largest absolute Gasteiger partial charge is 0.480 e. The highest BCUT2D eigenvalue weighted by Crippen LogP contribution is 1.84. The summed E-state index contributed by atoms with van der Waals surface area (Å²) in [5.74, 6) is -2.60. The number of aliphatic hydroxyl groups is 1. The second-order valence-corrected chi connectivity index (χ2v) is 3.17. The van der Waals surface area contributed by atoms with Crippen LogP contribution in [0.25, 0.3) is 0 Å². The number of primary amides is 1. The fourth-order valence-electron chi connectivity index (χ4n) is 0.910. The Balaban J connectivity index is 3.99. The van der Waals surface area contributed by atoms with E-state index in [1.54, 1.807) is 0 Å². The average molecular weight is 233 g/mol. The Morgan fingerprint density at radius 3 is 2.25 bits per heavy atom. The molecule has 0 rings (SSSR count). The molecular formula is C8H15N3O5. The highest BCUT2D eigenvalue weighted by Gasteiger charge is 2.18. The molecule has 0 spiro atoms. The lowest BCUT2D eigenvalue weighted by molar-refractivity contribution is -0.141. The smallest absolute Gasteiger partial charge is 0.327 e. The molecule has 0 aromatic carbocycles. The van der Waals surface area contributed by atoms with E-state index in [0.29, 0.717) is 0 Å². The van der Waals surface area contributed by atoms with Crippen molar-refractivity contribution in [3.8, 4) is 0 Å². The minimum Gasteiger partial charge on any atom is -0.480 e. The van der Waals surface area contributed by atoms with Gasteiger partial charge in [-0.1, -0.05) is 0 Å². The van der Waals surface area contributed by atoms with Gasteiger partial charge in [0.25, 0.3) is 0 Å². The Labute approximate surface area is 91.8 Å². The van der Waals surface area contributed by atoms with Gasteiger partial charge in [-0.3, -0.25) is 9.59 Å². The Hall–Kier alpha value is -1.67. The third-order valence-electron chi connectivity index (χ3n) is 1.69. The van der Waals surface area contributed by atoms with Crippen LogP contribution in [0.2, 0.25) is 0 Å². The van der Waals surface area contributed by atoms with E-state index in [4.69, 9.17) is 15.9 Å². The molecule has 0 aliphatic heterocycles. The standard InChI is InChI=1S/C8H15N3O5/c1-4(12)11-5(8(15)16)2-10-3-6(13)7(9)14/h5-6,10,13H,2-3H2,1H3,(H2,9,14)(H,11,12)(H,15,16). The minimum absolute atomic E-state index is 0.112. The molecule has 0 saturated carbocycles. The molecule has 2 atom stereocenters. The molecule has 0 aliphatic rings. The number of aliphatic hydroxyl groups excluding tert-OH is 1. The zero-order chi connectivity index (χ0) is 12.7. The van der Waals surface area contributed by atoms with Gasteiger partial charge in [0, 0.05) is 20.0 Å². The molecule has 0 radical (unpaired) electrons. The first-order chi connectivity index (χ1) is 7.34. The summed E-state index contributed by atoms with van der Waals surface area (Å²) in [7, 11) is 0. The number of aliphatic carboxylic acids is 1. The van der Waals surface area contributed by atoms with Crippen molar-refractivity contribution in [1.29, 1.82) is 0 Å². The van der Waals surface area contributed by atoms with Crippen molar-refractivity contribution in [2.45, 2.75) is 19.1 Å². The molecule has 0 heterocycles. The predicted octanol–water partition coefficient (Wildman–Crippen LogP) is -2.99. The van der Waals surface area contributed by atoms with E-state index in [1.165, 1.54) is 6.92 Å². The van der Waals surface area contributed by atoms with Crippen LogP contribution in [0.4, 0.5) is 0 Å². The van der Waals surface area contributed by atoms with E-state index in [-0.39, 0.29) is 13.1 Å². The van der Waals surface area contributed by atoms with E-state index in [9.17, 15) is 14.4 Å². The molecule has 6 N–H and O–H groups in total. The number of hydrogen-bond donors (Lipinski definition) is 5. The van der Waals surface area contributed by atoms with Gasteiger partial charge in [0.1, 0.15) is 12.1 Å². The van der Waals surface area contributed by atoms with E-state index in [2.05, 4.69) is 10.6 Å². The summed E-state index contributed by atoms with van der Waals surface area (Å²) in [5.41, 5.74) is 4.78. The Morgan fingerprint density at radius 1 is 1.31 bits per heavy atom. The first kappa shape index (κ1) is 14.3. The lowest BCUT2D eigenvalue weighted by atomic mass is 10.2. The monoisotopic (exact) mass is 233 g/mol. The van der Waals surface area contributed by atoms with Crippen molar-refractivity contribution < 1.29 is 24.6 Å². The number of carbonyl (C=O) groups is 3. The van der Waals surface area contributed by atoms with Crippen molar-refractivity contribution in [3.63, 3.8) is 0 Å². The van der Waals surface area contributed by atoms with Gasteiger partial charge in [0.05, 0.1) is 0 Å². The number of carboxylic acid groups (broad SMARTS) is 1. The van der Waals surface area contributed by atoms with Gasteiger partial charge < -0.3 is 26.6 Å². The molecule has 92 valence electrons. The van der Waals surface area contributed by atoms with Crippen LogP contribution >= 0.6 is 0 Å². The second kappa shape index (κ2) is 6.75. The predicted molar refractivity (Wildman–Crippen MR) is 53.3 cm³/mol. The first-order valence-corrected chi connectivity index (χ1v) is 4.52. The first-order valence-electron chi connectivity index (χ1n) is 4.52. The molecule has 8 nitrogen and oxygen atoms in total. The summed E-state index contributed by atoms with van der Waals surface area (Å²) < 4.78 is 0. The lowest BCUT2D eigenvalue weighted by Crippen LogP contribution is -2.48. The number of hydrogen-bond acceptors (Lipinski definition) is 5. The Kier molecular flexibility index (Phi) is 6.04. The van der Waals surface area contributed by atoms with Gasteiger partial charge in [0.15, 0.2) is 0 Å². The molecule has 0 bridgehead atoms. The minimum atomic E-state index is -1.38. The SMILES string of the molecule is CC(=O)NC(CNCC(O)C(N)=O)C(=O)O. The van der Waals surface area contributed by atoms with E-state index in [1.807, 2.05) is 0 Å². The summed E-state index contributed by atoms with van der Waals surface area (Å²) >= 11 is 0. The topological polar surface area (TPSA) is 142 Å². The summed E-state index contributed by atoms with van der Waals surface area (Å²) in [4.78, 5) is 31.7. The molecule has 0 aromatic rings. The van der Waals surface area contributed by atoms with Crippen LogP contribution in [-0.2, 0) is 14.4 Å². The fourth-order valence-corrected chi connectivity index (χ4v) is 0.910. The highest BCUT2D eigenvalue weighted by molar-refractivity contribution is 5.82. The van der Waals surface area contributed by atoms with Crippen molar-refractivity contribution in [1.82, 2.24) is 10.6 Å². The van der Waals surface area contributed by atoms with Crippen molar-refractivity contribution in [3.05, 3.63) is 0 Å². The second-order valence-electron chi connectivity index (χ2n) is 3.17. The molecule has 16 heavy (non-hydrogen) atoms. The van der Waals surface area contributed by atoms with Crippen LogP contribution in [0, 0.1) is 0 Å². The molecule has 0 aliphatic carbocycles. The third kappa shape index (κ3) is 5.94. The maximum absolute atomic E-state index is 10.6. The highest BCUT2D eigenvalue weighted by atomic mass is 16.4. The number of rotatable bonds is 7. The van der Waals surface area contributed by atoms with Gasteiger partial charge in [-0.15, -0.1) is 0 Å². The average Bonchev–Trinajstić information content (AvgIpc) is 2.14. The van der Waals surface area contributed by atoms with Gasteiger partial charge in [-0.2, -0.15) is 0 Å². The van der Waals surface area contributed by atoms with Gasteiger partial charge >= 0.3 is 5.97 Å². The zero-order valence-electron chi connectivity index (χ0n) is 8.77. The molecular weight excluding hydrogens is 218 g/mol. The summed E-state index contributed by atoms with van der Waals surface area (Å²) in [6.07, 6.45) is -1.38. The molecule has 2 unspecified atom stereocenters. The third-order valence-corrected chi connectivity index (χ3v) is 1.69. The lowest BCUT2D eigenvalue weighted by Gasteiger charge is -2.15. The maximum Gasteiger partial charge on any atom is 0.327 e. The van der Waals surface area contributed by atoms with E-state index in [0.717, 1.165) is 0 Å². The number of nitrogens with two attached hydrogens (primary N) is 1. The zero-order valence-corrected chi connectivity index (χ0v) is 8.77. The van der Waals surface area contributed by atoms with Crippen molar-refractivity contribution in [2.75, 3.05) is 13.1 Å². The van der Waals surface area contributed by atoms with Crippen molar-refractivity contribution in [2.24, 2.45) is 5.73 Å². The quantitative estimate of drug-likeness (QED) is 0.317. The Morgan fingerprint density at radius 2 is 1.88 bits per heavy atom. The molecule has 0 fully saturated rings. The summed E-state index contributed by atoms with van der Waals surface area (Å²) in [6.45, 7) is 0.909. The maximum atomic E-state index is 10.6. The normalized spacial score (nSPS) is 13.9. The van der Waals surface area contributed by atoms with E-state index >= 15 is 0 Å². The van der Waals surface area contributed by atoms with Gasteiger partial charge in [0.2, 0.25) is 11.8 Å². The number of nitrogens with one attached hydrogen (secondary N) is 2. The molecule has 0 saturated heterocycles. The van der Waals surface area contributed by atoms with Crippen molar-refractivity contribution >= 4 is 17.8 Å². The van der Waals surface area contributed by atoms with E-state index < -0.39 is 29.9 Å². The van der Waals surface area contributed by atoms with Crippen LogP contribution in [0.3, 0.4) is 0 Å². The molecule has 2 amide bonds. The van der Waals surface area contributed by atoms with Crippen LogP contribution in [0.1, 0.15) is 6.92 Å². The number of carbonyl (C=O) groups excluding carboxylic acids is 2. The molecule has 0 aromatic heterocycles.